The van der Waals surface area contributed by atoms with Gasteiger partial charge in [-0.1, -0.05) is 6.07 Å². The Morgan fingerprint density at radius 2 is 2.20 bits per heavy atom. The molecule has 2 aromatic rings. The fourth-order valence-corrected chi connectivity index (χ4v) is 1.89. The monoisotopic (exact) mass is 276 g/mol. The first-order chi connectivity index (χ1) is 9.83. The van der Waals surface area contributed by atoms with E-state index in [-0.39, 0.29) is 0 Å². The summed E-state index contributed by atoms with van der Waals surface area (Å²) in [6.07, 6.45) is 2.35. The lowest BCUT2D eigenvalue weighted by atomic mass is 10.2. The summed E-state index contributed by atoms with van der Waals surface area (Å²) in [6, 6.07) is 5.97. The number of ether oxygens (including phenoxy) is 2. The molecule has 0 aliphatic rings. The minimum absolute atomic E-state index is 0.630. The van der Waals surface area contributed by atoms with Crippen LogP contribution in [0.25, 0.3) is 0 Å². The summed E-state index contributed by atoms with van der Waals surface area (Å²) < 4.78 is 10.8. The van der Waals surface area contributed by atoms with Gasteiger partial charge in [-0.3, -0.25) is 5.10 Å². The van der Waals surface area contributed by atoms with Gasteiger partial charge >= 0.3 is 0 Å². The van der Waals surface area contributed by atoms with E-state index >= 15 is 0 Å². The lowest BCUT2D eigenvalue weighted by molar-refractivity contribution is 0.310. The van der Waals surface area contributed by atoms with Crippen LogP contribution in [0.4, 0.5) is 0 Å². The maximum Gasteiger partial charge on any atom is 0.161 e. The molecule has 2 rings (SSSR count). The van der Waals surface area contributed by atoms with Crippen LogP contribution >= 0.6 is 0 Å². The fourth-order valence-electron chi connectivity index (χ4n) is 1.89. The van der Waals surface area contributed by atoms with E-state index in [1.54, 1.807) is 7.11 Å². The van der Waals surface area contributed by atoms with Crippen molar-refractivity contribution in [2.75, 3.05) is 20.3 Å². The van der Waals surface area contributed by atoms with Crippen molar-refractivity contribution in [3.8, 4) is 11.5 Å². The number of hydrogen-bond acceptors (Lipinski definition) is 5. The van der Waals surface area contributed by atoms with Crippen molar-refractivity contribution in [1.29, 1.82) is 0 Å². The molecule has 6 nitrogen and oxygen atoms in total. The van der Waals surface area contributed by atoms with Crippen molar-refractivity contribution in [2.45, 2.75) is 19.9 Å². The SMILES string of the molecule is CCOc1ccc(CNCCc2ncn[nH]2)cc1OC. The molecule has 0 amide bonds. The van der Waals surface area contributed by atoms with Crippen LogP contribution in [0, 0.1) is 0 Å². The molecule has 0 aliphatic carbocycles. The highest BCUT2D eigenvalue weighted by molar-refractivity contribution is 5.42. The van der Waals surface area contributed by atoms with E-state index in [0.717, 1.165) is 42.4 Å². The third-order valence-corrected chi connectivity index (χ3v) is 2.86. The molecule has 108 valence electrons. The minimum Gasteiger partial charge on any atom is -0.493 e. The molecule has 0 aliphatic heterocycles. The minimum atomic E-state index is 0.630. The van der Waals surface area contributed by atoms with E-state index in [0.29, 0.717) is 6.61 Å². The zero-order valence-electron chi connectivity index (χ0n) is 11.8. The van der Waals surface area contributed by atoms with Gasteiger partial charge in [-0.05, 0) is 24.6 Å². The largest absolute Gasteiger partial charge is 0.493 e. The Labute approximate surface area is 118 Å². The van der Waals surface area contributed by atoms with Gasteiger partial charge in [0.25, 0.3) is 0 Å². The van der Waals surface area contributed by atoms with Crippen LogP contribution in [0.2, 0.25) is 0 Å². The van der Waals surface area contributed by atoms with Gasteiger partial charge in [0.15, 0.2) is 11.5 Å². The zero-order chi connectivity index (χ0) is 14.2. The van der Waals surface area contributed by atoms with Crippen LogP contribution in [-0.2, 0) is 13.0 Å². The van der Waals surface area contributed by atoms with Crippen LogP contribution in [0.5, 0.6) is 11.5 Å². The maximum atomic E-state index is 5.49. The van der Waals surface area contributed by atoms with E-state index in [9.17, 15) is 0 Å². The predicted octanol–water partition coefficient (Wildman–Crippen LogP) is 1.54. The standard InChI is InChI=1S/C14H20N4O2/c1-3-20-12-5-4-11(8-13(12)19-2)9-15-7-6-14-16-10-17-18-14/h4-5,8,10,15H,3,6-7,9H2,1-2H3,(H,16,17,18). The van der Waals surface area contributed by atoms with Crippen LogP contribution in [0.1, 0.15) is 18.3 Å². The maximum absolute atomic E-state index is 5.49. The number of H-pyrrole nitrogens is 1. The molecule has 6 heteroatoms. The number of methoxy groups -OCH3 is 1. The van der Waals surface area contributed by atoms with Crippen molar-refractivity contribution >= 4 is 0 Å². The van der Waals surface area contributed by atoms with Gasteiger partial charge in [0.1, 0.15) is 12.2 Å². The van der Waals surface area contributed by atoms with Crippen molar-refractivity contribution in [3.63, 3.8) is 0 Å². The molecule has 2 N–H and O–H groups in total. The summed E-state index contributed by atoms with van der Waals surface area (Å²) in [6.45, 7) is 4.20. The highest BCUT2D eigenvalue weighted by Gasteiger charge is 2.05. The molecular formula is C14H20N4O2. The number of aromatic nitrogens is 3. The van der Waals surface area contributed by atoms with Crippen molar-refractivity contribution < 1.29 is 9.47 Å². The van der Waals surface area contributed by atoms with Gasteiger partial charge in [-0.25, -0.2) is 4.98 Å². The van der Waals surface area contributed by atoms with Gasteiger partial charge in [-0.2, -0.15) is 5.10 Å². The summed E-state index contributed by atoms with van der Waals surface area (Å²) in [5.74, 6) is 2.43. The average molecular weight is 276 g/mol. The van der Waals surface area contributed by atoms with E-state index in [1.807, 2.05) is 25.1 Å². The summed E-state index contributed by atoms with van der Waals surface area (Å²) in [4.78, 5) is 4.08. The number of nitrogens with zero attached hydrogens (tertiary/aromatic N) is 2. The van der Waals surface area contributed by atoms with Crippen molar-refractivity contribution in [3.05, 3.63) is 35.9 Å². The highest BCUT2D eigenvalue weighted by atomic mass is 16.5. The Bertz CT molecular complexity index is 514. The number of aromatic amines is 1. The summed E-state index contributed by atoms with van der Waals surface area (Å²) >= 11 is 0. The Morgan fingerprint density at radius 3 is 2.90 bits per heavy atom. The molecule has 0 radical (unpaired) electrons. The van der Waals surface area contributed by atoms with E-state index < -0.39 is 0 Å². The molecule has 20 heavy (non-hydrogen) atoms. The van der Waals surface area contributed by atoms with Gasteiger partial charge in [0.2, 0.25) is 0 Å². The smallest absolute Gasteiger partial charge is 0.161 e. The third-order valence-electron chi connectivity index (χ3n) is 2.86. The second kappa shape index (κ2) is 7.49. The molecule has 0 unspecified atom stereocenters. The van der Waals surface area contributed by atoms with E-state index in [4.69, 9.17) is 9.47 Å². The highest BCUT2D eigenvalue weighted by Crippen LogP contribution is 2.27. The molecule has 0 saturated heterocycles. The first-order valence-electron chi connectivity index (χ1n) is 6.68. The van der Waals surface area contributed by atoms with Gasteiger partial charge < -0.3 is 14.8 Å². The normalized spacial score (nSPS) is 10.5. The predicted molar refractivity (Wildman–Crippen MR) is 76.0 cm³/mol. The molecule has 1 heterocycles. The summed E-state index contributed by atoms with van der Waals surface area (Å²) in [5.41, 5.74) is 1.16. The van der Waals surface area contributed by atoms with Crippen LogP contribution in [0.3, 0.4) is 0 Å². The number of nitrogens with one attached hydrogen (secondary N) is 2. The Balaban J connectivity index is 1.83. The Morgan fingerprint density at radius 1 is 1.30 bits per heavy atom. The van der Waals surface area contributed by atoms with E-state index in [2.05, 4.69) is 20.5 Å². The first-order valence-corrected chi connectivity index (χ1v) is 6.68. The molecule has 0 bridgehead atoms. The fraction of sp³-hybridized carbons (Fsp3) is 0.429. The Kier molecular flexibility index (Phi) is 5.37. The van der Waals surface area contributed by atoms with Gasteiger partial charge in [-0.15, -0.1) is 0 Å². The van der Waals surface area contributed by atoms with Gasteiger partial charge in [0.05, 0.1) is 13.7 Å². The molecule has 1 aromatic carbocycles. The second-order valence-electron chi connectivity index (χ2n) is 4.28. The number of benzene rings is 1. The quantitative estimate of drug-likeness (QED) is 0.716. The summed E-state index contributed by atoms with van der Waals surface area (Å²) in [5, 5.41) is 10.0. The van der Waals surface area contributed by atoms with Gasteiger partial charge in [0, 0.05) is 19.5 Å². The van der Waals surface area contributed by atoms with Crippen LogP contribution in [0.15, 0.2) is 24.5 Å². The molecule has 0 atom stereocenters. The molecule has 1 aromatic heterocycles. The average Bonchev–Trinajstić information content (AvgIpc) is 2.98. The molecule has 0 saturated carbocycles. The topological polar surface area (TPSA) is 72.1 Å². The van der Waals surface area contributed by atoms with E-state index in [1.165, 1.54) is 6.33 Å². The van der Waals surface area contributed by atoms with Crippen LogP contribution in [-0.4, -0.2) is 35.4 Å². The second-order valence-corrected chi connectivity index (χ2v) is 4.28. The van der Waals surface area contributed by atoms with Crippen molar-refractivity contribution in [2.24, 2.45) is 0 Å². The van der Waals surface area contributed by atoms with Crippen LogP contribution < -0.4 is 14.8 Å². The van der Waals surface area contributed by atoms with Crippen molar-refractivity contribution in [1.82, 2.24) is 20.5 Å². The zero-order valence-corrected chi connectivity index (χ0v) is 11.8. The lowest BCUT2D eigenvalue weighted by Crippen LogP contribution is -2.17. The first kappa shape index (κ1) is 14.3. The number of hydrogen-bond donors (Lipinski definition) is 2. The molecule has 0 spiro atoms. The number of rotatable bonds is 8. The summed E-state index contributed by atoms with van der Waals surface area (Å²) in [7, 11) is 1.65. The molecule has 0 fully saturated rings. The Hall–Kier alpha value is -2.08. The molecular weight excluding hydrogens is 256 g/mol. The lowest BCUT2D eigenvalue weighted by Gasteiger charge is -2.11. The third kappa shape index (κ3) is 3.96.